The van der Waals surface area contributed by atoms with Gasteiger partial charge in [-0.1, -0.05) is 58.4 Å². The van der Waals surface area contributed by atoms with E-state index in [-0.39, 0.29) is 17.3 Å². The zero-order chi connectivity index (χ0) is 29.5. The number of allylic oxidation sites excluding steroid dienone is 6. The molecule has 2 aromatic carbocycles. The minimum Gasteiger partial charge on any atom is -0.497 e. The lowest BCUT2D eigenvalue weighted by atomic mass is 9.79. The van der Waals surface area contributed by atoms with Gasteiger partial charge in [0.1, 0.15) is 5.75 Å². The highest BCUT2D eigenvalue weighted by Crippen LogP contribution is 2.49. The summed E-state index contributed by atoms with van der Waals surface area (Å²) in [4.78, 5) is 13.3. The number of hydrogen-bond donors (Lipinski definition) is 2. The molecule has 0 aromatic heterocycles. The Morgan fingerprint density at radius 2 is 1.98 bits per heavy atom. The SMILES string of the molecule is CCCN1/C(=C/C=C(C#N)/C=C/CC(C)(C)c2cc(C)ccc2NCCC(=O)O)C(C)(C)c2cc(OC)ccc21. The molecule has 6 heteroatoms. The van der Waals surface area contributed by atoms with Gasteiger partial charge in [-0.3, -0.25) is 4.79 Å². The molecule has 0 radical (unpaired) electrons. The Kier molecular flexibility index (Phi) is 9.87. The highest BCUT2D eigenvalue weighted by atomic mass is 16.5. The fourth-order valence-corrected chi connectivity index (χ4v) is 5.31. The van der Waals surface area contributed by atoms with E-state index < -0.39 is 5.97 Å². The van der Waals surface area contributed by atoms with Gasteiger partial charge in [-0.15, -0.1) is 0 Å². The molecule has 0 unspecified atom stereocenters. The Hall–Kier alpha value is -3.98. The number of aryl methyl sites for hydroxylation is 1. The number of anilines is 2. The average molecular weight is 542 g/mol. The van der Waals surface area contributed by atoms with Gasteiger partial charge in [0.05, 0.1) is 25.2 Å². The first-order chi connectivity index (χ1) is 18.9. The van der Waals surface area contributed by atoms with Crippen LogP contribution in [0.15, 0.2) is 72.0 Å². The van der Waals surface area contributed by atoms with Crippen molar-refractivity contribution in [3.05, 3.63) is 88.7 Å². The molecule has 0 atom stereocenters. The summed E-state index contributed by atoms with van der Waals surface area (Å²) in [5.41, 5.74) is 6.94. The first kappa shape index (κ1) is 30.6. The molecule has 3 rings (SSSR count). The minimum absolute atomic E-state index is 0.0601. The van der Waals surface area contributed by atoms with Crippen LogP contribution in [0.2, 0.25) is 0 Å². The maximum absolute atomic E-state index is 11.0. The molecule has 0 aliphatic carbocycles. The average Bonchev–Trinajstić information content (AvgIpc) is 3.11. The molecule has 40 heavy (non-hydrogen) atoms. The number of nitrogens with zero attached hydrogens (tertiary/aromatic N) is 2. The summed E-state index contributed by atoms with van der Waals surface area (Å²) in [5.74, 6) is 0.0220. The maximum Gasteiger partial charge on any atom is 0.305 e. The number of nitrogens with one attached hydrogen (secondary N) is 1. The molecule has 6 nitrogen and oxygen atoms in total. The zero-order valence-electron chi connectivity index (χ0n) is 25.0. The quantitative estimate of drug-likeness (QED) is 0.212. The number of carbonyl (C=O) groups is 1. The summed E-state index contributed by atoms with van der Waals surface area (Å²) in [7, 11) is 1.69. The van der Waals surface area contributed by atoms with Crippen molar-refractivity contribution >= 4 is 17.3 Å². The Morgan fingerprint density at radius 1 is 1.23 bits per heavy atom. The molecule has 1 heterocycles. The molecule has 2 aromatic rings. The minimum atomic E-state index is -0.823. The van der Waals surface area contributed by atoms with Crippen molar-refractivity contribution in [3.8, 4) is 11.8 Å². The zero-order valence-corrected chi connectivity index (χ0v) is 25.0. The van der Waals surface area contributed by atoms with E-state index >= 15 is 0 Å². The summed E-state index contributed by atoms with van der Waals surface area (Å²) >= 11 is 0. The summed E-state index contributed by atoms with van der Waals surface area (Å²) < 4.78 is 5.50. The van der Waals surface area contributed by atoms with Crippen molar-refractivity contribution < 1.29 is 14.6 Å². The number of fused-ring (bicyclic) bond motifs is 1. The van der Waals surface area contributed by atoms with E-state index in [4.69, 9.17) is 9.84 Å². The molecule has 0 saturated heterocycles. The number of carboxylic acid groups (broad SMARTS) is 1. The lowest BCUT2D eigenvalue weighted by molar-refractivity contribution is -0.136. The van der Waals surface area contributed by atoms with Gasteiger partial charge in [0.15, 0.2) is 0 Å². The molecule has 212 valence electrons. The van der Waals surface area contributed by atoms with Gasteiger partial charge in [-0.2, -0.15) is 5.26 Å². The van der Waals surface area contributed by atoms with E-state index in [9.17, 15) is 10.1 Å². The normalized spacial score (nSPS) is 15.8. The predicted octanol–water partition coefficient (Wildman–Crippen LogP) is 7.66. The molecule has 1 aliphatic rings. The predicted molar refractivity (Wildman–Crippen MR) is 164 cm³/mol. The third-order valence-electron chi connectivity index (χ3n) is 7.58. The van der Waals surface area contributed by atoms with Gasteiger partial charge >= 0.3 is 5.97 Å². The van der Waals surface area contributed by atoms with E-state index in [0.29, 0.717) is 12.1 Å². The number of carboxylic acids is 1. The lowest BCUT2D eigenvalue weighted by Gasteiger charge is -2.27. The summed E-state index contributed by atoms with van der Waals surface area (Å²) in [6, 6.07) is 14.8. The monoisotopic (exact) mass is 541 g/mol. The number of hydrogen-bond acceptors (Lipinski definition) is 5. The van der Waals surface area contributed by atoms with Crippen LogP contribution in [0.3, 0.4) is 0 Å². The molecule has 0 saturated carbocycles. The Morgan fingerprint density at radius 3 is 2.62 bits per heavy atom. The van der Waals surface area contributed by atoms with Gasteiger partial charge in [0, 0.05) is 35.6 Å². The van der Waals surface area contributed by atoms with Crippen LogP contribution in [-0.4, -0.2) is 31.3 Å². The molecular formula is C34H43N3O3. The Balaban J connectivity index is 1.85. The van der Waals surface area contributed by atoms with Crippen LogP contribution in [-0.2, 0) is 15.6 Å². The highest BCUT2D eigenvalue weighted by Gasteiger charge is 2.39. The fourth-order valence-electron chi connectivity index (χ4n) is 5.31. The molecular weight excluding hydrogens is 498 g/mol. The number of ether oxygens (including phenoxy) is 1. The number of rotatable bonds is 12. The van der Waals surface area contributed by atoms with E-state index in [2.05, 4.69) is 88.2 Å². The van der Waals surface area contributed by atoms with Crippen LogP contribution in [0.1, 0.15) is 70.6 Å². The van der Waals surface area contributed by atoms with Gasteiger partial charge in [0.2, 0.25) is 0 Å². The maximum atomic E-state index is 11.0. The third kappa shape index (κ3) is 6.96. The second-order valence-corrected chi connectivity index (χ2v) is 11.6. The van der Waals surface area contributed by atoms with Gasteiger partial charge in [-0.05, 0) is 78.8 Å². The van der Waals surface area contributed by atoms with E-state index in [0.717, 1.165) is 47.6 Å². The van der Waals surface area contributed by atoms with Crippen LogP contribution >= 0.6 is 0 Å². The van der Waals surface area contributed by atoms with Gasteiger partial charge < -0.3 is 20.1 Å². The van der Waals surface area contributed by atoms with E-state index in [1.807, 2.05) is 30.4 Å². The lowest BCUT2D eigenvalue weighted by Crippen LogP contribution is -2.26. The van der Waals surface area contributed by atoms with Gasteiger partial charge in [0.25, 0.3) is 0 Å². The van der Waals surface area contributed by atoms with Crippen molar-refractivity contribution in [2.24, 2.45) is 0 Å². The van der Waals surface area contributed by atoms with Gasteiger partial charge in [-0.25, -0.2) is 0 Å². The Bertz CT molecular complexity index is 1360. The van der Waals surface area contributed by atoms with Crippen molar-refractivity contribution in [2.45, 2.75) is 71.6 Å². The summed E-state index contributed by atoms with van der Waals surface area (Å²) in [6.45, 7) is 14.3. The van der Waals surface area contributed by atoms with Crippen LogP contribution in [0.25, 0.3) is 0 Å². The first-order valence-corrected chi connectivity index (χ1v) is 14.0. The second kappa shape index (κ2) is 12.9. The van der Waals surface area contributed by atoms with E-state index in [1.165, 1.54) is 11.3 Å². The smallest absolute Gasteiger partial charge is 0.305 e. The van der Waals surface area contributed by atoms with Crippen LogP contribution in [0.4, 0.5) is 11.4 Å². The highest BCUT2D eigenvalue weighted by molar-refractivity contribution is 5.72. The Labute approximate surface area is 239 Å². The van der Waals surface area contributed by atoms with Crippen molar-refractivity contribution in [3.63, 3.8) is 0 Å². The standard InChI is InChI=1S/C34H43N3O3/c1-8-20-37-30-15-13-26(40-7)22-28(30)34(5,6)31(37)16-12-25(23-35)10-9-18-33(3,4)27-21-24(2)11-14-29(27)36-19-17-32(38)39/h9-16,21-22,36H,8,17-20H2,1-7H3,(H,38,39)/b10-9+,25-12-,31-16+. The largest absolute Gasteiger partial charge is 0.497 e. The fraction of sp³-hybridized carbons (Fsp3) is 0.412. The van der Waals surface area contributed by atoms with Crippen molar-refractivity contribution in [1.82, 2.24) is 0 Å². The second-order valence-electron chi connectivity index (χ2n) is 11.6. The van der Waals surface area contributed by atoms with Crippen molar-refractivity contribution in [1.29, 1.82) is 5.26 Å². The third-order valence-corrected chi connectivity index (χ3v) is 7.58. The molecule has 0 amide bonds. The van der Waals surface area contributed by atoms with Crippen LogP contribution < -0.4 is 15.0 Å². The van der Waals surface area contributed by atoms with Crippen LogP contribution in [0, 0.1) is 18.3 Å². The molecule has 2 N–H and O–H groups in total. The number of nitriles is 1. The summed E-state index contributed by atoms with van der Waals surface area (Å²) in [6.07, 6.45) is 9.74. The number of benzene rings is 2. The van der Waals surface area contributed by atoms with Crippen LogP contribution in [0.5, 0.6) is 5.75 Å². The number of methoxy groups -OCH3 is 1. The molecule has 0 fully saturated rings. The molecule has 0 bridgehead atoms. The molecule has 0 spiro atoms. The van der Waals surface area contributed by atoms with Crippen molar-refractivity contribution in [2.75, 3.05) is 30.4 Å². The summed E-state index contributed by atoms with van der Waals surface area (Å²) in [5, 5.41) is 22.2. The first-order valence-electron chi connectivity index (χ1n) is 14.0. The molecule has 1 aliphatic heterocycles. The van der Waals surface area contributed by atoms with E-state index in [1.54, 1.807) is 7.11 Å². The number of aliphatic carboxylic acids is 1. The topological polar surface area (TPSA) is 85.6 Å².